The van der Waals surface area contributed by atoms with Crippen LogP contribution < -0.4 is 0 Å². The van der Waals surface area contributed by atoms with E-state index in [9.17, 15) is 9.90 Å². The van der Waals surface area contributed by atoms with Crippen LogP contribution >= 0.6 is 11.3 Å². The van der Waals surface area contributed by atoms with E-state index in [1.165, 1.54) is 9.75 Å². The summed E-state index contributed by atoms with van der Waals surface area (Å²) in [6.45, 7) is 2.79. The SMILES string of the molecule is CCc1ccc(Cn2cnc3cccc(C(=O)O)c32)s1. The first-order chi connectivity index (χ1) is 9.69. The third kappa shape index (κ3) is 2.20. The Labute approximate surface area is 120 Å². The Hall–Kier alpha value is -2.14. The quantitative estimate of drug-likeness (QED) is 0.799. The van der Waals surface area contributed by atoms with Gasteiger partial charge in [0.15, 0.2) is 0 Å². The Morgan fingerprint density at radius 1 is 1.30 bits per heavy atom. The van der Waals surface area contributed by atoms with Gasteiger partial charge in [0.2, 0.25) is 0 Å². The highest BCUT2D eigenvalue weighted by atomic mass is 32.1. The summed E-state index contributed by atoms with van der Waals surface area (Å²) in [7, 11) is 0. The first-order valence-corrected chi connectivity index (χ1v) is 7.25. The number of thiophene rings is 1. The summed E-state index contributed by atoms with van der Waals surface area (Å²) in [5, 5.41) is 9.30. The lowest BCUT2D eigenvalue weighted by atomic mass is 10.2. The zero-order valence-electron chi connectivity index (χ0n) is 11.0. The van der Waals surface area contributed by atoms with Gasteiger partial charge in [-0.1, -0.05) is 13.0 Å². The molecule has 1 N–H and O–H groups in total. The highest BCUT2D eigenvalue weighted by Crippen LogP contribution is 2.22. The second kappa shape index (κ2) is 5.09. The maximum atomic E-state index is 11.3. The number of benzene rings is 1. The topological polar surface area (TPSA) is 55.1 Å². The van der Waals surface area contributed by atoms with Crippen molar-refractivity contribution >= 4 is 28.3 Å². The summed E-state index contributed by atoms with van der Waals surface area (Å²) in [6, 6.07) is 9.40. The Morgan fingerprint density at radius 2 is 2.10 bits per heavy atom. The fraction of sp³-hybridized carbons (Fsp3) is 0.200. The van der Waals surface area contributed by atoms with Gasteiger partial charge >= 0.3 is 5.97 Å². The average molecular weight is 286 g/mol. The Kier molecular flexibility index (Phi) is 3.28. The lowest BCUT2D eigenvalue weighted by molar-refractivity contribution is 0.0698. The summed E-state index contributed by atoms with van der Waals surface area (Å²) < 4.78 is 1.91. The molecule has 0 atom stereocenters. The fourth-order valence-electron chi connectivity index (χ4n) is 2.28. The number of aryl methyl sites for hydroxylation is 1. The maximum absolute atomic E-state index is 11.3. The van der Waals surface area contributed by atoms with E-state index in [0.717, 1.165) is 11.9 Å². The van der Waals surface area contributed by atoms with Crippen LogP contribution in [0.5, 0.6) is 0 Å². The van der Waals surface area contributed by atoms with Crippen molar-refractivity contribution in [3.8, 4) is 0 Å². The number of nitrogens with zero attached hydrogens (tertiary/aromatic N) is 2. The molecule has 102 valence electrons. The molecule has 0 fully saturated rings. The van der Waals surface area contributed by atoms with E-state index in [0.29, 0.717) is 17.6 Å². The Bertz CT molecular complexity index is 773. The highest BCUT2D eigenvalue weighted by molar-refractivity contribution is 7.11. The number of carbonyl (C=O) groups is 1. The van der Waals surface area contributed by atoms with E-state index in [2.05, 4.69) is 24.0 Å². The van der Waals surface area contributed by atoms with E-state index in [4.69, 9.17) is 0 Å². The number of hydrogen-bond donors (Lipinski definition) is 1. The van der Waals surface area contributed by atoms with Crippen LogP contribution in [0.2, 0.25) is 0 Å². The van der Waals surface area contributed by atoms with Crippen molar-refractivity contribution in [1.82, 2.24) is 9.55 Å². The number of hydrogen-bond acceptors (Lipinski definition) is 3. The first-order valence-electron chi connectivity index (χ1n) is 6.43. The smallest absolute Gasteiger partial charge is 0.337 e. The molecule has 4 nitrogen and oxygen atoms in total. The molecule has 0 bridgehead atoms. The molecule has 20 heavy (non-hydrogen) atoms. The van der Waals surface area contributed by atoms with Crippen LogP contribution in [0.25, 0.3) is 11.0 Å². The molecule has 3 aromatic rings. The lowest BCUT2D eigenvalue weighted by Crippen LogP contribution is -2.03. The zero-order chi connectivity index (χ0) is 14.1. The number of rotatable bonds is 4. The molecule has 5 heteroatoms. The first kappa shape index (κ1) is 12.9. The number of fused-ring (bicyclic) bond motifs is 1. The third-order valence-electron chi connectivity index (χ3n) is 3.26. The van der Waals surface area contributed by atoms with Crippen molar-refractivity contribution in [1.29, 1.82) is 0 Å². The summed E-state index contributed by atoms with van der Waals surface area (Å²) >= 11 is 1.76. The standard InChI is InChI=1S/C15H14N2O2S/c1-2-10-6-7-11(20-10)8-17-9-16-13-5-3-4-12(14(13)17)15(18)19/h3-7,9H,2,8H2,1H3,(H,18,19). The molecule has 0 amide bonds. The van der Waals surface area contributed by atoms with Gasteiger partial charge in [0.05, 0.1) is 29.5 Å². The van der Waals surface area contributed by atoms with Gasteiger partial charge in [-0.3, -0.25) is 0 Å². The molecule has 0 aliphatic rings. The van der Waals surface area contributed by atoms with Crippen LogP contribution in [0.4, 0.5) is 0 Å². The van der Waals surface area contributed by atoms with Gasteiger partial charge in [-0.05, 0) is 30.7 Å². The predicted molar refractivity (Wildman–Crippen MR) is 79.5 cm³/mol. The molecule has 0 saturated heterocycles. The van der Waals surface area contributed by atoms with Gasteiger partial charge in [0.25, 0.3) is 0 Å². The molecule has 3 rings (SSSR count). The minimum absolute atomic E-state index is 0.298. The minimum Gasteiger partial charge on any atom is -0.478 e. The summed E-state index contributed by atoms with van der Waals surface area (Å²) in [4.78, 5) is 18.2. The summed E-state index contributed by atoms with van der Waals surface area (Å²) in [6.07, 6.45) is 2.73. The van der Waals surface area contributed by atoms with Crippen LogP contribution in [0, 0.1) is 0 Å². The van der Waals surface area contributed by atoms with Gasteiger partial charge in [-0.2, -0.15) is 0 Å². The van der Waals surface area contributed by atoms with Gasteiger partial charge in [0.1, 0.15) is 0 Å². The molecule has 0 spiro atoms. The fourth-order valence-corrected chi connectivity index (χ4v) is 3.24. The molecule has 0 radical (unpaired) electrons. The largest absolute Gasteiger partial charge is 0.478 e. The summed E-state index contributed by atoms with van der Waals surface area (Å²) in [5.74, 6) is -0.919. The second-order valence-electron chi connectivity index (χ2n) is 4.57. The number of aromatic nitrogens is 2. The third-order valence-corrected chi connectivity index (χ3v) is 4.47. The summed E-state index contributed by atoms with van der Waals surface area (Å²) in [5.41, 5.74) is 1.70. The number of carboxylic acid groups (broad SMARTS) is 1. The maximum Gasteiger partial charge on any atom is 0.337 e. The number of aromatic carboxylic acids is 1. The molecular weight excluding hydrogens is 272 g/mol. The van der Waals surface area contributed by atoms with Crippen LogP contribution in [0.1, 0.15) is 27.0 Å². The molecular formula is C15H14N2O2S. The van der Waals surface area contributed by atoms with Gasteiger partial charge in [0, 0.05) is 9.75 Å². The Balaban J connectivity index is 2.05. The molecule has 0 unspecified atom stereocenters. The van der Waals surface area contributed by atoms with Crippen LogP contribution in [-0.4, -0.2) is 20.6 Å². The molecule has 2 aromatic heterocycles. The van der Waals surface area contributed by atoms with Crippen LogP contribution in [-0.2, 0) is 13.0 Å². The normalized spacial score (nSPS) is 11.1. The average Bonchev–Trinajstić information content (AvgIpc) is 3.06. The minimum atomic E-state index is -0.919. The number of imidazole rings is 1. The number of para-hydroxylation sites is 1. The van der Waals surface area contributed by atoms with Crippen molar-refractivity contribution in [2.45, 2.75) is 19.9 Å². The van der Waals surface area contributed by atoms with Crippen molar-refractivity contribution in [2.75, 3.05) is 0 Å². The van der Waals surface area contributed by atoms with E-state index >= 15 is 0 Å². The second-order valence-corrected chi connectivity index (χ2v) is 5.83. The highest BCUT2D eigenvalue weighted by Gasteiger charge is 2.13. The molecule has 0 aliphatic carbocycles. The Morgan fingerprint density at radius 3 is 2.80 bits per heavy atom. The van der Waals surface area contributed by atoms with Crippen molar-refractivity contribution in [3.63, 3.8) is 0 Å². The van der Waals surface area contributed by atoms with E-state index in [1.807, 2.05) is 10.6 Å². The molecule has 0 saturated carbocycles. The molecule has 1 aromatic carbocycles. The molecule has 2 heterocycles. The van der Waals surface area contributed by atoms with Crippen molar-refractivity contribution in [3.05, 3.63) is 52.0 Å². The van der Waals surface area contributed by atoms with Crippen molar-refractivity contribution < 1.29 is 9.90 Å². The van der Waals surface area contributed by atoms with E-state index in [-0.39, 0.29) is 0 Å². The molecule has 0 aliphatic heterocycles. The van der Waals surface area contributed by atoms with Crippen LogP contribution in [0.3, 0.4) is 0 Å². The van der Waals surface area contributed by atoms with Gasteiger partial charge in [-0.25, -0.2) is 9.78 Å². The monoisotopic (exact) mass is 286 g/mol. The van der Waals surface area contributed by atoms with Gasteiger partial charge < -0.3 is 9.67 Å². The van der Waals surface area contributed by atoms with Crippen LogP contribution in [0.15, 0.2) is 36.7 Å². The van der Waals surface area contributed by atoms with Crippen molar-refractivity contribution in [2.24, 2.45) is 0 Å². The number of carboxylic acids is 1. The lowest BCUT2D eigenvalue weighted by Gasteiger charge is -2.04. The van der Waals surface area contributed by atoms with E-state index in [1.54, 1.807) is 29.8 Å². The van der Waals surface area contributed by atoms with E-state index < -0.39 is 5.97 Å². The van der Waals surface area contributed by atoms with Gasteiger partial charge in [-0.15, -0.1) is 11.3 Å². The zero-order valence-corrected chi connectivity index (χ0v) is 11.9. The predicted octanol–water partition coefficient (Wildman–Crippen LogP) is 3.41.